The fraction of sp³-hybridized carbons (Fsp3) is 0.148. The molecule has 35 heavy (non-hydrogen) atoms. The van der Waals surface area contributed by atoms with Crippen LogP contribution in [0, 0.1) is 0 Å². The molecule has 1 N–H and O–H groups in total. The van der Waals surface area contributed by atoms with E-state index in [0.29, 0.717) is 17.9 Å². The summed E-state index contributed by atoms with van der Waals surface area (Å²) in [6.07, 6.45) is 7.44. The molecule has 0 spiro atoms. The van der Waals surface area contributed by atoms with Crippen LogP contribution in [-0.2, 0) is 13.7 Å². The van der Waals surface area contributed by atoms with Crippen molar-refractivity contribution < 1.29 is 14.3 Å². The monoisotopic (exact) mass is 467 g/mol. The van der Waals surface area contributed by atoms with Gasteiger partial charge in [0.05, 0.1) is 12.8 Å². The van der Waals surface area contributed by atoms with Gasteiger partial charge in [0.25, 0.3) is 5.91 Å². The summed E-state index contributed by atoms with van der Waals surface area (Å²) in [7, 11) is 3.52. The number of carbonyl (C=O) groups is 1. The molecule has 2 aromatic carbocycles. The molecule has 5 aromatic rings. The highest BCUT2D eigenvalue weighted by molar-refractivity contribution is 5.95. The number of benzene rings is 2. The zero-order valence-corrected chi connectivity index (χ0v) is 19.5. The smallest absolute Gasteiger partial charge is 0.252 e. The minimum absolute atomic E-state index is 0.230. The summed E-state index contributed by atoms with van der Waals surface area (Å²) in [6, 6.07) is 20.1. The molecule has 0 saturated carbocycles. The van der Waals surface area contributed by atoms with Crippen molar-refractivity contribution in [2.75, 3.05) is 7.11 Å². The maximum absolute atomic E-state index is 13.3. The average molecular weight is 468 g/mol. The average Bonchev–Trinajstić information content (AvgIpc) is 3.52. The van der Waals surface area contributed by atoms with Crippen molar-refractivity contribution >= 4 is 11.6 Å². The van der Waals surface area contributed by atoms with Gasteiger partial charge in [-0.25, -0.2) is 9.97 Å². The number of pyridine rings is 1. The van der Waals surface area contributed by atoms with E-state index < -0.39 is 6.04 Å². The quantitative estimate of drug-likeness (QED) is 0.370. The van der Waals surface area contributed by atoms with E-state index in [1.54, 1.807) is 31.5 Å². The highest BCUT2D eigenvalue weighted by Crippen LogP contribution is 2.24. The predicted molar refractivity (Wildman–Crippen MR) is 131 cm³/mol. The number of nitrogens with one attached hydrogen (secondary N) is 1. The number of nitrogens with zero attached hydrogens (tertiary/aromatic N) is 4. The van der Waals surface area contributed by atoms with Gasteiger partial charge in [0.1, 0.15) is 35.6 Å². The van der Waals surface area contributed by atoms with E-state index in [0.717, 1.165) is 28.5 Å². The number of hydrogen-bond donors (Lipinski definition) is 1. The molecule has 0 aliphatic carbocycles. The van der Waals surface area contributed by atoms with Crippen molar-refractivity contribution in [3.63, 3.8) is 0 Å². The Morgan fingerprint density at radius 3 is 2.63 bits per heavy atom. The molecule has 0 saturated heterocycles. The second kappa shape index (κ2) is 9.72. The van der Waals surface area contributed by atoms with Gasteiger partial charge in [-0.05, 0) is 48.0 Å². The predicted octanol–water partition coefficient (Wildman–Crippen LogP) is 4.17. The molecule has 8 nitrogen and oxygen atoms in total. The van der Waals surface area contributed by atoms with Crippen LogP contribution in [-0.4, -0.2) is 32.0 Å². The summed E-state index contributed by atoms with van der Waals surface area (Å²) in [5, 5.41) is 3.11. The maximum atomic E-state index is 13.3. The zero-order valence-electron chi connectivity index (χ0n) is 19.5. The topological polar surface area (TPSA) is 82.7 Å². The largest absolute Gasteiger partial charge is 0.497 e. The molecule has 3 aromatic heterocycles. The Bertz CT molecular complexity index is 1420. The van der Waals surface area contributed by atoms with Gasteiger partial charge in [0, 0.05) is 37.4 Å². The van der Waals surface area contributed by atoms with Crippen LogP contribution in [0.1, 0.15) is 33.5 Å². The lowest BCUT2D eigenvalue weighted by Crippen LogP contribution is -2.31. The Morgan fingerprint density at radius 1 is 1.03 bits per heavy atom. The number of amides is 1. The number of methoxy groups -OCH3 is 1. The Hall–Kier alpha value is -4.59. The number of fused-ring (bicyclic) bond motifs is 1. The summed E-state index contributed by atoms with van der Waals surface area (Å²) in [4.78, 5) is 22.3. The lowest BCUT2D eigenvalue weighted by Gasteiger charge is -2.20. The van der Waals surface area contributed by atoms with Gasteiger partial charge in [-0.2, -0.15) is 0 Å². The van der Waals surface area contributed by atoms with E-state index in [2.05, 4.69) is 15.3 Å². The summed E-state index contributed by atoms with van der Waals surface area (Å²) < 4.78 is 15.0. The Labute approximate surface area is 202 Å². The van der Waals surface area contributed by atoms with E-state index in [1.807, 2.05) is 83.1 Å². The lowest BCUT2D eigenvalue weighted by molar-refractivity contribution is 0.0940. The maximum Gasteiger partial charge on any atom is 0.252 e. The fourth-order valence-corrected chi connectivity index (χ4v) is 3.90. The van der Waals surface area contributed by atoms with Gasteiger partial charge in [0.15, 0.2) is 0 Å². The number of hydrogen-bond acceptors (Lipinski definition) is 5. The molecule has 1 unspecified atom stereocenters. The lowest BCUT2D eigenvalue weighted by atomic mass is 10.0. The van der Waals surface area contributed by atoms with Crippen molar-refractivity contribution in [3.05, 3.63) is 114 Å². The van der Waals surface area contributed by atoms with Crippen molar-refractivity contribution in [1.29, 1.82) is 0 Å². The first-order chi connectivity index (χ1) is 17.1. The van der Waals surface area contributed by atoms with E-state index >= 15 is 0 Å². The van der Waals surface area contributed by atoms with Gasteiger partial charge in [0.2, 0.25) is 0 Å². The molecule has 3 heterocycles. The highest BCUT2D eigenvalue weighted by atomic mass is 16.5. The molecule has 1 atom stereocenters. The van der Waals surface area contributed by atoms with Crippen LogP contribution >= 0.6 is 0 Å². The van der Waals surface area contributed by atoms with Crippen LogP contribution in [0.2, 0.25) is 0 Å². The summed E-state index contributed by atoms with van der Waals surface area (Å²) in [5.41, 5.74) is 3.05. The molecule has 5 rings (SSSR count). The number of ether oxygens (including phenoxy) is 2. The standard InChI is InChI=1S/C27H25N5O3/c1-31-15-13-28-26(31)25(19-9-11-22(34-2)12-10-19)30-27(33)20-6-5-7-23(16-20)35-18-21-17-32-14-4-3-8-24(32)29-21/h3-17,25H,18H2,1-2H3,(H,30,33). The third-order valence-electron chi connectivity index (χ3n) is 5.74. The number of aryl methyl sites for hydroxylation is 1. The molecule has 1 amide bonds. The molecule has 0 fully saturated rings. The van der Waals surface area contributed by atoms with Crippen LogP contribution in [0.3, 0.4) is 0 Å². The van der Waals surface area contributed by atoms with Gasteiger partial charge in [-0.1, -0.05) is 24.3 Å². The van der Waals surface area contributed by atoms with Crippen LogP contribution in [0.4, 0.5) is 0 Å². The molecular formula is C27H25N5O3. The van der Waals surface area contributed by atoms with Crippen LogP contribution in [0.15, 0.2) is 91.5 Å². The molecule has 8 heteroatoms. The van der Waals surface area contributed by atoms with Gasteiger partial charge >= 0.3 is 0 Å². The van der Waals surface area contributed by atoms with Crippen LogP contribution in [0.5, 0.6) is 11.5 Å². The second-order valence-electron chi connectivity index (χ2n) is 8.09. The van der Waals surface area contributed by atoms with Crippen molar-refractivity contribution in [2.24, 2.45) is 7.05 Å². The molecule has 0 aliphatic heterocycles. The van der Waals surface area contributed by atoms with Crippen LogP contribution < -0.4 is 14.8 Å². The molecule has 0 radical (unpaired) electrons. The SMILES string of the molecule is COc1ccc(C(NC(=O)c2cccc(OCc3cn4ccccc4n3)c2)c2nccn2C)cc1. The molecular weight excluding hydrogens is 442 g/mol. The van der Waals surface area contributed by atoms with Crippen molar-refractivity contribution in [2.45, 2.75) is 12.6 Å². The summed E-state index contributed by atoms with van der Waals surface area (Å²) in [6.45, 7) is 0.300. The number of imidazole rings is 2. The minimum atomic E-state index is -0.434. The number of aromatic nitrogens is 4. The van der Waals surface area contributed by atoms with Crippen molar-refractivity contribution in [1.82, 2.24) is 24.3 Å². The Balaban J connectivity index is 1.33. The summed E-state index contributed by atoms with van der Waals surface area (Å²) in [5.74, 6) is 1.83. The molecule has 176 valence electrons. The van der Waals surface area contributed by atoms with Gasteiger partial charge < -0.3 is 23.8 Å². The van der Waals surface area contributed by atoms with Crippen LogP contribution in [0.25, 0.3) is 5.65 Å². The zero-order chi connectivity index (χ0) is 24.2. The van der Waals surface area contributed by atoms with Crippen molar-refractivity contribution in [3.8, 4) is 11.5 Å². The molecule has 0 aliphatic rings. The van der Waals surface area contributed by atoms with E-state index in [9.17, 15) is 4.79 Å². The van der Waals surface area contributed by atoms with E-state index in [-0.39, 0.29) is 5.91 Å². The normalized spacial score (nSPS) is 11.8. The van der Waals surface area contributed by atoms with Gasteiger partial charge in [-0.3, -0.25) is 4.79 Å². The first kappa shape index (κ1) is 22.2. The first-order valence-electron chi connectivity index (χ1n) is 11.2. The highest BCUT2D eigenvalue weighted by Gasteiger charge is 2.22. The van der Waals surface area contributed by atoms with E-state index in [1.165, 1.54) is 0 Å². The third-order valence-corrected chi connectivity index (χ3v) is 5.74. The fourth-order valence-electron chi connectivity index (χ4n) is 3.90. The second-order valence-corrected chi connectivity index (χ2v) is 8.09. The Kier molecular flexibility index (Phi) is 6.17. The Morgan fingerprint density at radius 2 is 1.89 bits per heavy atom. The number of carbonyl (C=O) groups excluding carboxylic acids is 1. The third kappa shape index (κ3) is 4.86. The minimum Gasteiger partial charge on any atom is -0.497 e. The first-order valence-corrected chi connectivity index (χ1v) is 11.2. The van der Waals surface area contributed by atoms with E-state index in [4.69, 9.17) is 9.47 Å². The van der Waals surface area contributed by atoms with Gasteiger partial charge in [-0.15, -0.1) is 0 Å². The summed E-state index contributed by atoms with van der Waals surface area (Å²) >= 11 is 0. The molecule has 0 bridgehead atoms. The number of rotatable bonds is 8.